The molecule has 10 heteroatoms. The Hall–Kier alpha value is -2.91. The van der Waals surface area contributed by atoms with Crippen LogP contribution in [-0.4, -0.2) is 35.6 Å². The second-order valence-corrected chi connectivity index (χ2v) is 5.47. The van der Waals surface area contributed by atoms with Gasteiger partial charge in [-0.15, -0.1) is 0 Å². The molecule has 7 nitrogen and oxygen atoms in total. The summed E-state index contributed by atoms with van der Waals surface area (Å²) in [6.07, 6.45) is -1.62. The van der Waals surface area contributed by atoms with Crippen LogP contribution in [0.15, 0.2) is 18.5 Å². The molecule has 132 valence electrons. The van der Waals surface area contributed by atoms with Crippen molar-refractivity contribution in [3.05, 3.63) is 29.7 Å². The van der Waals surface area contributed by atoms with Gasteiger partial charge in [0.1, 0.15) is 6.54 Å². The lowest BCUT2D eigenvalue weighted by Crippen LogP contribution is -2.12. The third kappa shape index (κ3) is 3.06. The van der Waals surface area contributed by atoms with Crippen LogP contribution in [0.4, 0.5) is 13.2 Å². The Morgan fingerprint density at radius 1 is 1.36 bits per heavy atom. The minimum absolute atomic E-state index is 0.0612. The Labute approximate surface area is 139 Å². The van der Waals surface area contributed by atoms with Crippen molar-refractivity contribution < 1.29 is 23.1 Å². The molecule has 0 aliphatic carbocycles. The van der Waals surface area contributed by atoms with Gasteiger partial charge in [-0.1, -0.05) is 0 Å². The van der Waals surface area contributed by atoms with Gasteiger partial charge in [0, 0.05) is 18.3 Å². The van der Waals surface area contributed by atoms with Gasteiger partial charge in [-0.2, -0.15) is 23.4 Å². The van der Waals surface area contributed by atoms with E-state index in [0.717, 1.165) is 10.7 Å². The number of aliphatic carboxylic acids is 1. The van der Waals surface area contributed by atoms with Crippen molar-refractivity contribution in [2.75, 3.05) is 0 Å². The van der Waals surface area contributed by atoms with Gasteiger partial charge in [0.15, 0.2) is 5.65 Å². The SMILES string of the molecule is CCn1cc(-c2cc(C(F)(F)F)c3c(C)nn(CC(=O)O)c3n2)cn1. The van der Waals surface area contributed by atoms with E-state index in [0.29, 0.717) is 12.1 Å². The number of carboxylic acids is 1. The third-order valence-electron chi connectivity index (χ3n) is 3.72. The molecule has 0 atom stereocenters. The molecule has 0 fully saturated rings. The van der Waals surface area contributed by atoms with Crippen LogP contribution < -0.4 is 0 Å². The minimum atomic E-state index is -4.63. The Kier molecular flexibility index (Phi) is 3.97. The number of rotatable bonds is 4. The number of hydrogen-bond donors (Lipinski definition) is 1. The van der Waals surface area contributed by atoms with Crippen LogP contribution in [0, 0.1) is 6.92 Å². The second-order valence-electron chi connectivity index (χ2n) is 5.47. The minimum Gasteiger partial charge on any atom is -0.480 e. The van der Waals surface area contributed by atoms with E-state index in [1.165, 1.54) is 13.1 Å². The molecule has 0 unspecified atom stereocenters. The molecule has 0 bridgehead atoms. The van der Waals surface area contributed by atoms with Crippen LogP contribution >= 0.6 is 0 Å². The zero-order valence-electron chi connectivity index (χ0n) is 13.4. The number of carboxylic acid groups (broad SMARTS) is 1. The predicted molar refractivity (Wildman–Crippen MR) is 81.8 cm³/mol. The normalized spacial score (nSPS) is 12.0. The molecular weight excluding hydrogens is 339 g/mol. The summed E-state index contributed by atoms with van der Waals surface area (Å²) in [6.45, 7) is 3.23. The lowest BCUT2D eigenvalue weighted by Gasteiger charge is -2.10. The number of fused-ring (bicyclic) bond motifs is 1. The monoisotopic (exact) mass is 353 g/mol. The zero-order valence-corrected chi connectivity index (χ0v) is 13.4. The molecule has 0 radical (unpaired) electrons. The van der Waals surface area contributed by atoms with Crippen LogP contribution in [0.3, 0.4) is 0 Å². The molecule has 0 spiro atoms. The number of hydrogen-bond acceptors (Lipinski definition) is 4. The fourth-order valence-electron chi connectivity index (χ4n) is 2.63. The molecule has 3 aromatic heterocycles. The van der Waals surface area contributed by atoms with Crippen molar-refractivity contribution >= 4 is 17.0 Å². The largest absolute Gasteiger partial charge is 0.480 e. The first-order valence-electron chi connectivity index (χ1n) is 7.40. The first kappa shape index (κ1) is 16.9. The van der Waals surface area contributed by atoms with E-state index < -0.39 is 24.3 Å². The summed E-state index contributed by atoms with van der Waals surface area (Å²) in [6, 6.07) is 0.944. The Balaban J connectivity index is 2.30. The van der Waals surface area contributed by atoms with Crippen LogP contribution in [0.2, 0.25) is 0 Å². The van der Waals surface area contributed by atoms with Crippen molar-refractivity contribution in [3.8, 4) is 11.3 Å². The highest BCUT2D eigenvalue weighted by Gasteiger charge is 2.36. The maximum atomic E-state index is 13.5. The van der Waals surface area contributed by atoms with Crippen molar-refractivity contribution in [1.29, 1.82) is 0 Å². The molecular formula is C15H14F3N5O2. The summed E-state index contributed by atoms with van der Waals surface area (Å²) >= 11 is 0. The topological polar surface area (TPSA) is 85.8 Å². The number of pyridine rings is 1. The molecule has 0 aromatic carbocycles. The molecule has 0 amide bonds. The van der Waals surface area contributed by atoms with Crippen molar-refractivity contribution in [2.24, 2.45) is 0 Å². The van der Waals surface area contributed by atoms with Gasteiger partial charge < -0.3 is 5.11 Å². The lowest BCUT2D eigenvalue weighted by atomic mass is 10.1. The summed E-state index contributed by atoms with van der Waals surface area (Å²) in [5.41, 5.74) is -0.465. The molecule has 3 heterocycles. The number of aryl methyl sites for hydroxylation is 2. The van der Waals surface area contributed by atoms with E-state index in [-0.39, 0.29) is 22.4 Å². The van der Waals surface area contributed by atoms with Crippen LogP contribution in [0.1, 0.15) is 18.2 Å². The number of alkyl halides is 3. The van der Waals surface area contributed by atoms with Gasteiger partial charge in [-0.05, 0) is 19.9 Å². The molecule has 0 saturated heterocycles. The van der Waals surface area contributed by atoms with E-state index in [2.05, 4.69) is 15.2 Å². The summed E-state index contributed by atoms with van der Waals surface area (Å²) in [5, 5.41) is 16.7. The fraction of sp³-hybridized carbons (Fsp3) is 0.333. The van der Waals surface area contributed by atoms with Crippen molar-refractivity contribution in [1.82, 2.24) is 24.5 Å². The highest BCUT2D eigenvalue weighted by Crippen LogP contribution is 2.38. The Bertz CT molecular complexity index is 958. The van der Waals surface area contributed by atoms with Crippen LogP contribution in [0.25, 0.3) is 22.3 Å². The van der Waals surface area contributed by atoms with Crippen molar-refractivity contribution in [3.63, 3.8) is 0 Å². The number of aromatic nitrogens is 5. The molecule has 25 heavy (non-hydrogen) atoms. The first-order chi connectivity index (χ1) is 11.7. The summed E-state index contributed by atoms with van der Waals surface area (Å²) < 4.78 is 43.1. The van der Waals surface area contributed by atoms with Crippen LogP contribution in [0.5, 0.6) is 0 Å². The highest BCUT2D eigenvalue weighted by molar-refractivity contribution is 5.86. The Morgan fingerprint density at radius 3 is 2.64 bits per heavy atom. The molecule has 0 aliphatic rings. The van der Waals surface area contributed by atoms with E-state index >= 15 is 0 Å². The van der Waals surface area contributed by atoms with E-state index in [1.807, 2.05) is 6.92 Å². The zero-order chi connectivity index (χ0) is 18.4. The molecule has 1 N–H and O–H groups in total. The molecule has 0 aliphatic heterocycles. The molecule has 3 aromatic rings. The molecule has 3 rings (SSSR count). The number of nitrogens with zero attached hydrogens (tertiary/aromatic N) is 5. The average Bonchev–Trinajstić information content (AvgIpc) is 3.11. The van der Waals surface area contributed by atoms with Gasteiger partial charge in [-0.3, -0.25) is 9.48 Å². The average molecular weight is 353 g/mol. The van der Waals surface area contributed by atoms with E-state index in [4.69, 9.17) is 5.11 Å². The predicted octanol–water partition coefficient (Wildman–Crippen LogP) is 2.73. The fourth-order valence-corrected chi connectivity index (χ4v) is 2.63. The van der Waals surface area contributed by atoms with E-state index in [9.17, 15) is 18.0 Å². The van der Waals surface area contributed by atoms with Crippen LogP contribution in [-0.2, 0) is 24.1 Å². The quantitative estimate of drug-likeness (QED) is 0.779. The second kappa shape index (κ2) is 5.87. The maximum absolute atomic E-state index is 13.5. The smallest absolute Gasteiger partial charge is 0.417 e. The maximum Gasteiger partial charge on any atom is 0.417 e. The number of halogens is 3. The van der Waals surface area contributed by atoms with Gasteiger partial charge in [0.05, 0.1) is 28.5 Å². The van der Waals surface area contributed by atoms with Gasteiger partial charge in [-0.25, -0.2) is 9.67 Å². The van der Waals surface area contributed by atoms with E-state index in [1.54, 1.807) is 10.9 Å². The van der Waals surface area contributed by atoms with Crippen molar-refractivity contribution in [2.45, 2.75) is 33.1 Å². The summed E-state index contributed by atoms with van der Waals surface area (Å²) in [4.78, 5) is 15.2. The van der Waals surface area contributed by atoms with Gasteiger partial charge >= 0.3 is 12.1 Å². The lowest BCUT2D eigenvalue weighted by molar-refractivity contribution is -0.138. The number of carbonyl (C=O) groups is 1. The van der Waals surface area contributed by atoms with Gasteiger partial charge in [0.25, 0.3) is 0 Å². The van der Waals surface area contributed by atoms with Gasteiger partial charge in [0.2, 0.25) is 0 Å². The summed E-state index contributed by atoms with van der Waals surface area (Å²) in [7, 11) is 0. The molecule has 0 saturated carbocycles. The first-order valence-corrected chi connectivity index (χ1v) is 7.40. The summed E-state index contributed by atoms with van der Waals surface area (Å²) in [5.74, 6) is -1.22. The third-order valence-corrected chi connectivity index (χ3v) is 3.72. The highest BCUT2D eigenvalue weighted by atomic mass is 19.4. The standard InChI is InChI=1S/C15H14F3N5O2/c1-3-22-6-9(5-19-22)11-4-10(15(16,17)18)13-8(2)21-23(7-12(24)25)14(13)20-11/h4-6H,3,7H2,1-2H3,(H,24,25). The Morgan fingerprint density at radius 2 is 2.08 bits per heavy atom.